The lowest BCUT2D eigenvalue weighted by Gasteiger charge is -2.43. The first-order chi connectivity index (χ1) is 18.5. The lowest BCUT2D eigenvalue weighted by molar-refractivity contribution is -0.146. The number of hydrogen-bond donors (Lipinski definition) is 2. The molecule has 8 heteroatoms. The molecule has 1 aromatic carbocycles. The van der Waals surface area contributed by atoms with E-state index in [9.17, 15) is 14.3 Å². The molecule has 1 saturated carbocycles. The maximum absolute atomic E-state index is 14.2. The number of unbranched alkanes of at least 4 members (excludes halogenated alkanes) is 2. The summed E-state index contributed by atoms with van der Waals surface area (Å²) < 4.78 is 26.1. The summed E-state index contributed by atoms with van der Waals surface area (Å²) in [5.41, 5.74) is 3.77. The van der Waals surface area contributed by atoms with Gasteiger partial charge >= 0.3 is 5.97 Å². The van der Waals surface area contributed by atoms with Gasteiger partial charge in [-0.15, -0.1) is 0 Å². The number of hydrogen-bond acceptors (Lipinski definition) is 6. The number of carbonyl (C=O) groups is 1. The monoisotopic (exact) mass is 525 g/mol. The van der Waals surface area contributed by atoms with Gasteiger partial charge in [0.1, 0.15) is 17.7 Å². The Hall–Kier alpha value is -2.55. The molecule has 2 aromatic rings. The normalized spacial score (nSPS) is 23.5. The fourth-order valence-electron chi connectivity index (χ4n) is 5.99. The number of aromatic nitrogens is 1. The number of halogens is 1. The molecule has 2 atom stereocenters. The molecule has 0 amide bonds. The van der Waals surface area contributed by atoms with Crippen LogP contribution in [0, 0.1) is 5.82 Å². The average Bonchev–Trinajstić information content (AvgIpc) is 3.41. The quantitative estimate of drug-likeness (QED) is 0.357. The van der Waals surface area contributed by atoms with Crippen LogP contribution in [-0.4, -0.2) is 59.9 Å². The molecule has 0 radical (unpaired) electrons. The number of anilines is 1. The van der Waals surface area contributed by atoms with E-state index in [-0.39, 0.29) is 18.2 Å². The minimum Gasteiger partial charge on any atom is -0.480 e. The zero-order valence-electron chi connectivity index (χ0n) is 22.3. The van der Waals surface area contributed by atoms with Crippen molar-refractivity contribution in [1.29, 1.82) is 0 Å². The fourth-order valence-corrected chi connectivity index (χ4v) is 5.99. The van der Waals surface area contributed by atoms with Gasteiger partial charge in [0.15, 0.2) is 0 Å². The Morgan fingerprint density at radius 3 is 2.89 bits per heavy atom. The maximum Gasteiger partial charge on any atom is 0.325 e. The van der Waals surface area contributed by atoms with Crippen LogP contribution in [-0.2, 0) is 27.1 Å². The number of carboxylic acid groups (broad SMARTS) is 1. The van der Waals surface area contributed by atoms with Crippen molar-refractivity contribution in [3.05, 3.63) is 58.5 Å². The van der Waals surface area contributed by atoms with Gasteiger partial charge in [-0.2, -0.15) is 0 Å². The summed E-state index contributed by atoms with van der Waals surface area (Å²) in [7, 11) is 1.83. The number of aryl methyl sites for hydroxylation is 2. The zero-order chi connectivity index (χ0) is 26.5. The third kappa shape index (κ3) is 6.35. The van der Waals surface area contributed by atoms with Crippen molar-refractivity contribution in [2.24, 2.45) is 0 Å². The number of likely N-dealkylation sites (N-methyl/N-ethyl adjacent to an activating group) is 1. The molecule has 2 fully saturated rings. The molecule has 3 aliphatic rings. The van der Waals surface area contributed by atoms with E-state index >= 15 is 0 Å². The second-order valence-electron chi connectivity index (χ2n) is 11.0. The molecule has 2 N–H and O–H groups in total. The van der Waals surface area contributed by atoms with Gasteiger partial charge in [-0.1, -0.05) is 18.6 Å². The van der Waals surface area contributed by atoms with Gasteiger partial charge in [-0.25, -0.2) is 9.37 Å². The van der Waals surface area contributed by atoms with Crippen molar-refractivity contribution in [3.63, 3.8) is 0 Å². The molecule has 38 heavy (non-hydrogen) atoms. The predicted octanol–water partition coefficient (Wildman–Crippen LogP) is 5.45. The van der Waals surface area contributed by atoms with Crippen LogP contribution >= 0.6 is 0 Å². The molecular formula is C30H40FN3O4. The average molecular weight is 526 g/mol. The first kappa shape index (κ1) is 27.0. The molecule has 2 aliphatic heterocycles. The lowest BCUT2D eigenvalue weighted by Crippen LogP contribution is -2.49. The summed E-state index contributed by atoms with van der Waals surface area (Å²) in [5, 5.41) is 13.5. The molecule has 0 spiro atoms. The number of nitrogens with zero attached hydrogens (tertiary/aromatic N) is 2. The molecule has 1 aromatic heterocycles. The van der Waals surface area contributed by atoms with Crippen LogP contribution in [0.2, 0.25) is 0 Å². The number of nitrogens with one attached hydrogen (secondary N) is 1. The van der Waals surface area contributed by atoms with Gasteiger partial charge in [0, 0.05) is 31.5 Å². The molecule has 1 unspecified atom stereocenters. The van der Waals surface area contributed by atoms with Crippen LogP contribution in [0.4, 0.5) is 10.2 Å². The largest absolute Gasteiger partial charge is 0.480 e. The second kappa shape index (κ2) is 12.5. The van der Waals surface area contributed by atoms with Crippen molar-refractivity contribution in [3.8, 4) is 0 Å². The van der Waals surface area contributed by atoms with Crippen LogP contribution in [0.3, 0.4) is 0 Å². The Labute approximate surface area is 224 Å². The summed E-state index contributed by atoms with van der Waals surface area (Å²) >= 11 is 0. The fraction of sp³-hybridized carbons (Fsp3) is 0.600. The molecule has 1 saturated heterocycles. The summed E-state index contributed by atoms with van der Waals surface area (Å²) in [6, 6.07) is 8.00. The highest BCUT2D eigenvalue weighted by Crippen LogP contribution is 2.39. The van der Waals surface area contributed by atoms with E-state index in [1.54, 1.807) is 6.07 Å². The zero-order valence-corrected chi connectivity index (χ0v) is 22.3. The van der Waals surface area contributed by atoms with Crippen molar-refractivity contribution in [2.45, 2.75) is 88.5 Å². The van der Waals surface area contributed by atoms with Gasteiger partial charge in [-0.05, 0) is 99.7 Å². The smallest absolute Gasteiger partial charge is 0.325 e. The standard InChI is InChI=1S/C30H40FN3O4/c1-34(28(30(35)36)26-17-21(31)11-13-25(26)27-9-6-16-38-27)23-18-24(19-23)37-15-4-2-3-8-22-12-10-20-7-5-14-32-29(20)33-22/h10-13,17,23-24,27-28H,2-9,14-16,18-19H2,1H3,(H,32,33)(H,35,36)/t23?,24?,27-,28?/m0/s1. The molecular weight excluding hydrogens is 485 g/mol. The van der Waals surface area contributed by atoms with Crippen LogP contribution < -0.4 is 5.32 Å². The van der Waals surface area contributed by atoms with Gasteiger partial charge in [-0.3, -0.25) is 9.69 Å². The van der Waals surface area contributed by atoms with Gasteiger partial charge in [0.05, 0.1) is 12.2 Å². The highest BCUT2D eigenvalue weighted by Gasteiger charge is 2.40. The highest BCUT2D eigenvalue weighted by atomic mass is 19.1. The van der Waals surface area contributed by atoms with Gasteiger partial charge in [0.25, 0.3) is 0 Å². The summed E-state index contributed by atoms with van der Waals surface area (Å²) in [6.45, 7) is 2.38. The third-order valence-corrected chi connectivity index (χ3v) is 8.29. The molecule has 7 nitrogen and oxygen atoms in total. The third-order valence-electron chi connectivity index (χ3n) is 8.29. The Morgan fingerprint density at radius 2 is 2.11 bits per heavy atom. The van der Waals surface area contributed by atoms with Crippen LogP contribution in [0.15, 0.2) is 30.3 Å². The maximum atomic E-state index is 14.2. The minimum absolute atomic E-state index is 0.0883. The summed E-state index contributed by atoms with van der Waals surface area (Å²) in [5.74, 6) is -0.326. The van der Waals surface area contributed by atoms with Crippen LogP contribution in [0.25, 0.3) is 0 Å². The Bertz CT molecular complexity index is 1100. The van der Waals surface area contributed by atoms with E-state index in [0.29, 0.717) is 12.2 Å². The topological polar surface area (TPSA) is 83.9 Å². The predicted molar refractivity (Wildman–Crippen MR) is 144 cm³/mol. The van der Waals surface area contributed by atoms with Crippen LogP contribution in [0.5, 0.6) is 0 Å². The van der Waals surface area contributed by atoms with Crippen LogP contribution in [0.1, 0.15) is 85.9 Å². The summed E-state index contributed by atoms with van der Waals surface area (Å²) in [4.78, 5) is 19.0. The minimum atomic E-state index is -0.967. The van der Waals surface area contributed by atoms with Gasteiger partial charge in [0.2, 0.25) is 0 Å². The van der Waals surface area contributed by atoms with E-state index in [1.807, 2.05) is 11.9 Å². The number of pyridine rings is 1. The lowest BCUT2D eigenvalue weighted by atomic mass is 9.85. The Balaban J connectivity index is 1.05. The Kier molecular flexibility index (Phi) is 8.92. The van der Waals surface area contributed by atoms with Crippen molar-refractivity contribution in [1.82, 2.24) is 9.88 Å². The number of rotatable bonds is 12. The second-order valence-corrected chi connectivity index (χ2v) is 11.0. The molecule has 0 bridgehead atoms. The molecule has 3 heterocycles. The first-order valence-corrected chi connectivity index (χ1v) is 14.2. The molecule has 1 aliphatic carbocycles. The van der Waals surface area contributed by atoms with Crippen molar-refractivity contribution >= 4 is 11.8 Å². The molecule has 5 rings (SSSR count). The highest BCUT2D eigenvalue weighted by molar-refractivity contribution is 5.76. The SMILES string of the molecule is CN(C1CC(OCCCCCc2ccc3c(n2)NCCC3)C1)C(C(=O)O)c1cc(F)ccc1[C@@H]1CCCO1. The van der Waals surface area contributed by atoms with Gasteiger partial charge < -0.3 is 19.9 Å². The molecule has 206 valence electrons. The van der Waals surface area contributed by atoms with Crippen molar-refractivity contribution < 1.29 is 23.8 Å². The van der Waals surface area contributed by atoms with E-state index in [2.05, 4.69) is 17.4 Å². The van der Waals surface area contributed by atoms with E-state index < -0.39 is 17.8 Å². The Morgan fingerprint density at radius 1 is 1.24 bits per heavy atom. The summed E-state index contributed by atoms with van der Waals surface area (Å²) in [6.07, 6.45) is 9.78. The van der Waals surface area contributed by atoms with E-state index in [4.69, 9.17) is 14.5 Å². The van der Waals surface area contributed by atoms with E-state index in [1.165, 1.54) is 24.1 Å². The number of benzene rings is 1. The number of aliphatic carboxylic acids is 1. The van der Waals surface area contributed by atoms with Crippen molar-refractivity contribution in [2.75, 3.05) is 32.1 Å². The number of ether oxygens (including phenoxy) is 2. The number of carboxylic acids is 1. The number of fused-ring (bicyclic) bond motifs is 1. The van der Waals surface area contributed by atoms with E-state index in [0.717, 1.165) is 88.0 Å². The first-order valence-electron chi connectivity index (χ1n) is 14.2.